The van der Waals surface area contributed by atoms with E-state index in [2.05, 4.69) is 27.2 Å². The van der Waals surface area contributed by atoms with Crippen molar-refractivity contribution in [2.75, 3.05) is 11.9 Å². The van der Waals surface area contributed by atoms with Crippen LogP contribution in [0.5, 0.6) is 0 Å². The van der Waals surface area contributed by atoms with Crippen molar-refractivity contribution < 1.29 is 18.0 Å². The standard InChI is InChI=1S/C16H15F3N4O/c1-3-8-20-15(24)13-9-14(22-10(2)21-13)23-12-6-4-11(5-7-12)16(17,18)19/h3-7,9H,1,8H2,2H3,(H,20,24)(H,21,22,23). The number of amides is 1. The van der Waals surface area contributed by atoms with Crippen molar-refractivity contribution >= 4 is 17.4 Å². The summed E-state index contributed by atoms with van der Waals surface area (Å²) in [6.45, 7) is 5.41. The molecule has 5 nitrogen and oxygen atoms in total. The van der Waals surface area contributed by atoms with Crippen molar-refractivity contribution in [2.24, 2.45) is 0 Å². The van der Waals surface area contributed by atoms with Gasteiger partial charge in [0.1, 0.15) is 17.3 Å². The molecule has 126 valence electrons. The number of hydrogen-bond donors (Lipinski definition) is 2. The van der Waals surface area contributed by atoms with Gasteiger partial charge in [0, 0.05) is 18.3 Å². The van der Waals surface area contributed by atoms with Crippen molar-refractivity contribution in [3.8, 4) is 0 Å². The number of carbonyl (C=O) groups is 1. The Bertz CT molecular complexity index is 742. The summed E-state index contributed by atoms with van der Waals surface area (Å²) in [6.07, 6.45) is -2.85. The fourth-order valence-electron chi connectivity index (χ4n) is 1.89. The maximum Gasteiger partial charge on any atom is 0.416 e. The highest BCUT2D eigenvalue weighted by Crippen LogP contribution is 2.30. The number of aromatic nitrogens is 2. The normalized spacial score (nSPS) is 11.0. The van der Waals surface area contributed by atoms with Gasteiger partial charge in [-0.1, -0.05) is 6.08 Å². The lowest BCUT2D eigenvalue weighted by atomic mass is 10.2. The van der Waals surface area contributed by atoms with Gasteiger partial charge >= 0.3 is 6.18 Å². The highest BCUT2D eigenvalue weighted by Gasteiger charge is 2.29. The summed E-state index contributed by atoms with van der Waals surface area (Å²) in [4.78, 5) is 20.1. The van der Waals surface area contributed by atoms with Gasteiger partial charge < -0.3 is 10.6 Å². The lowest BCUT2D eigenvalue weighted by Crippen LogP contribution is -2.24. The van der Waals surface area contributed by atoms with E-state index in [1.54, 1.807) is 6.92 Å². The van der Waals surface area contributed by atoms with Gasteiger partial charge in [-0.05, 0) is 31.2 Å². The Morgan fingerprint density at radius 2 is 1.92 bits per heavy atom. The third kappa shape index (κ3) is 4.55. The maximum absolute atomic E-state index is 12.6. The largest absolute Gasteiger partial charge is 0.416 e. The number of halogens is 3. The SMILES string of the molecule is C=CCNC(=O)c1cc(Nc2ccc(C(F)(F)F)cc2)nc(C)n1. The van der Waals surface area contributed by atoms with Crippen LogP contribution in [0, 0.1) is 6.92 Å². The zero-order chi connectivity index (χ0) is 17.7. The summed E-state index contributed by atoms with van der Waals surface area (Å²) in [6, 6.07) is 5.93. The lowest BCUT2D eigenvalue weighted by Gasteiger charge is -2.10. The van der Waals surface area contributed by atoms with Gasteiger partial charge in [0.2, 0.25) is 0 Å². The molecule has 0 bridgehead atoms. The van der Waals surface area contributed by atoms with Crippen LogP contribution in [-0.4, -0.2) is 22.4 Å². The first-order valence-electron chi connectivity index (χ1n) is 6.98. The summed E-state index contributed by atoms with van der Waals surface area (Å²) in [5.41, 5.74) is -0.172. The summed E-state index contributed by atoms with van der Waals surface area (Å²) < 4.78 is 37.7. The quantitative estimate of drug-likeness (QED) is 0.821. The van der Waals surface area contributed by atoms with E-state index in [0.29, 0.717) is 23.9 Å². The first-order valence-corrected chi connectivity index (χ1v) is 6.98. The van der Waals surface area contributed by atoms with E-state index in [-0.39, 0.29) is 5.69 Å². The van der Waals surface area contributed by atoms with E-state index in [1.807, 2.05) is 0 Å². The van der Waals surface area contributed by atoms with E-state index in [4.69, 9.17) is 0 Å². The second-order valence-corrected chi connectivity index (χ2v) is 4.88. The summed E-state index contributed by atoms with van der Waals surface area (Å²) in [5, 5.41) is 5.45. The highest BCUT2D eigenvalue weighted by molar-refractivity contribution is 5.93. The van der Waals surface area contributed by atoms with Crippen LogP contribution in [0.4, 0.5) is 24.7 Å². The molecule has 0 radical (unpaired) electrons. The lowest BCUT2D eigenvalue weighted by molar-refractivity contribution is -0.137. The molecule has 0 saturated carbocycles. The highest BCUT2D eigenvalue weighted by atomic mass is 19.4. The second kappa shape index (κ2) is 7.12. The predicted octanol–water partition coefficient (Wildman–Crippen LogP) is 3.46. The predicted molar refractivity (Wildman–Crippen MR) is 84.0 cm³/mol. The Kier molecular flexibility index (Phi) is 5.18. The number of nitrogens with zero attached hydrogens (tertiary/aromatic N) is 2. The van der Waals surface area contributed by atoms with Gasteiger partial charge in [-0.2, -0.15) is 13.2 Å². The van der Waals surface area contributed by atoms with Crippen LogP contribution in [0.3, 0.4) is 0 Å². The molecule has 2 aromatic rings. The number of aryl methyl sites for hydroxylation is 1. The molecule has 1 aromatic heterocycles. The molecular formula is C16H15F3N4O. The Balaban J connectivity index is 2.19. The average molecular weight is 336 g/mol. The van der Waals surface area contributed by atoms with Crippen LogP contribution in [0.1, 0.15) is 21.9 Å². The Morgan fingerprint density at radius 1 is 1.25 bits per heavy atom. The molecule has 2 rings (SSSR count). The van der Waals surface area contributed by atoms with Crippen molar-refractivity contribution in [3.63, 3.8) is 0 Å². The summed E-state index contributed by atoms with van der Waals surface area (Å²) >= 11 is 0. The molecule has 8 heteroatoms. The number of rotatable bonds is 5. The van der Waals surface area contributed by atoms with Crippen LogP contribution in [-0.2, 0) is 6.18 Å². The second-order valence-electron chi connectivity index (χ2n) is 4.88. The molecule has 0 fully saturated rings. The average Bonchev–Trinajstić information content (AvgIpc) is 2.51. The number of alkyl halides is 3. The van der Waals surface area contributed by atoms with E-state index in [1.165, 1.54) is 24.3 Å². The van der Waals surface area contributed by atoms with Crippen LogP contribution < -0.4 is 10.6 Å². The third-order valence-electron chi connectivity index (χ3n) is 2.96. The van der Waals surface area contributed by atoms with E-state index in [9.17, 15) is 18.0 Å². The van der Waals surface area contributed by atoms with Crippen molar-refractivity contribution in [1.29, 1.82) is 0 Å². The molecule has 0 unspecified atom stereocenters. The number of hydrogen-bond acceptors (Lipinski definition) is 4. The molecule has 1 heterocycles. The monoisotopic (exact) mass is 336 g/mol. The number of carbonyl (C=O) groups excluding carboxylic acids is 1. The molecule has 1 amide bonds. The molecule has 0 saturated heterocycles. The van der Waals surface area contributed by atoms with Crippen LogP contribution >= 0.6 is 0 Å². The van der Waals surface area contributed by atoms with Crippen molar-refractivity contribution in [3.05, 3.63) is 60.1 Å². The van der Waals surface area contributed by atoms with E-state index >= 15 is 0 Å². The van der Waals surface area contributed by atoms with Crippen LogP contribution in [0.25, 0.3) is 0 Å². The van der Waals surface area contributed by atoms with Crippen LogP contribution in [0.2, 0.25) is 0 Å². The smallest absolute Gasteiger partial charge is 0.347 e. The van der Waals surface area contributed by atoms with E-state index in [0.717, 1.165) is 12.1 Å². The Labute approximate surface area is 136 Å². The minimum atomic E-state index is -4.39. The maximum atomic E-state index is 12.6. The Hall–Kier alpha value is -2.90. The number of anilines is 2. The minimum Gasteiger partial charge on any atom is -0.347 e. The van der Waals surface area contributed by atoms with Gasteiger partial charge in [0.25, 0.3) is 5.91 Å². The zero-order valence-electron chi connectivity index (χ0n) is 12.8. The molecule has 0 aliphatic rings. The molecule has 0 aliphatic heterocycles. The number of benzene rings is 1. The molecular weight excluding hydrogens is 321 g/mol. The summed E-state index contributed by atoms with van der Waals surface area (Å²) in [7, 11) is 0. The van der Waals surface area contributed by atoms with Crippen molar-refractivity contribution in [1.82, 2.24) is 15.3 Å². The molecule has 0 atom stereocenters. The van der Waals surface area contributed by atoms with Gasteiger partial charge in [-0.25, -0.2) is 9.97 Å². The van der Waals surface area contributed by atoms with Gasteiger partial charge in [0.15, 0.2) is 0 Å². The third-order valence-corrected chi connectivity index (χ3v) is 2.96. The van der Waals surface area contributed by atoms with Gasteiger partial charge in [-0.3, -0.25) is 4.79 Å². The van der Waals surface area contributed by atoms with E-state index < -0.39 is 17.6 Å². The zero-order valence-corrected chi connectivity index (χ0v) is 12.8. The Morgan fingerprint density at radius 3 is 2.50 bits per heavy atom. The molecule has 1 aromatic carbocycles. The molecule has 2 N–H and O–H groups in total. The van der Waals surface area contributed by atoms with Crippen molar-refractivity contribution in [2.45, 2.75) is 13.1 Å². The topological polar surface area (TPSA) is 66.9 Å². The first-order chi connectivity index (χ1) is 11.3. The molecule has 24 heavy (non-hydrogen) atoms. The summed E-state index contributed by atoms with van der Waals surface area (Å²) in [5.74, 6) is 0.276. The van der Waals surface area contributed by atoms with Crippen LogP contribution in [0.15, 0.2) is 43.0 Å². The fourth-order valence-corrected chi connectivity index (χ4v) is 1.89. The van der Waals surface area contributed by atoms with Gasteiger partial charge in [-0.15, -0.1) is 6.58 Å². The minimum absolute atomic E-state index is 0.152. The molecule has 0 aliphatic carbocycles. The molecule has 0 spiro atoms. The first kappa shape index (κ1) is 17.5. The fraction of sp³-hybridized carbons (Fsp3) is 0.188. The number of nitrogens with one attached hydrogen (secondary N) is 2. The van der Waals surface area contributed by atoms with Gasteiger partial charge in [0.05, 0.1) is 5.56 Å².